The van der Waals surface area contributed by atoms with Gasteiger partial charge in [-0.2, -0.15) is 0 Å². The lowest BCUT2D eigenvalue weighted by atomic mass is 9.84. The van der Waals surface area contributed by atoms with Gasteiger partial charge in [0, 0.05) is 37.1 Å². The maximum atomic E-state index is 14.6. The Morgan fingerprint density at radius 1 is 0.754 bits per heavy atom. The number of pyridine rings is 2. The van der Waals surface area contributed by atoms with E-state index in [2.05, 4.69) is 25.9 Å². The molecule has 1 fully saturated rings. The first-order valence-corrected chi connectivity index (χ1v) is 20.8. The highest BCUT2D eigenvalue weighted by Gasteiger charge is 2.44. The highest BCUT2D eigenvalue weighted by molar-refractivity contribution is 5.89. The van der Waals surface area contributed by atoms with Crippen molar-refractivity contribution in [3.8, 4) is 11.3 Å². The Balaban J connectivity index is 1.25. The van der Waals surface area contributed by atoms with E-state index in [-0.39, 0.29) is 31.3 Å². The average molecular weight is 831 g/mol. The molecule has 5 N–H and O–H groups in total. The van der Waals surface area contributed by atoms with Gasteiger partial charge < -0.3 is 40.4 Å². The normalized spacial score (nSPS) is 15.8. The van der Waals surface area contributed by atoms with Gasteiger partial charge in [0.1, 0.15) is 17.9 Å². The molecule has 14 heteroatoms. The second-order valence-corrected chi connectivity index (χ2v) is 18.0. The summed E-state index contributed by atoms with van der Waals surface area (Å²) in [7, 11) is 0. The van der Waals surface area contributed by atoms with Gasteiger partial charge in [-0.25, -0.2) is 14.6 Å². The lowest BCUT2D eigenvalue weighted by molar-refractivity contribution is -0.130. The number of aliphatic hydroxyl groups is 1. The second kappa shape index (κ2) is 19.0. The van der Waals surface area contributed by atoms with E-state index in [1.807, 2.05) is 122 Å². The smallest absolute Gasteiger partial charge is 0.405 e. The number of nitrogens with zero attached hydrogens (tertiary/aromatic N) is 5. The van der Waals surface area contributed by atoms with E-state index in [1.54, 1.807) is 43.0 Å². The molecule has 1 saturated heterocycles. The number of carboxylic acid groups (broad SMARTS) is 1. The van der Waals surface area contributed by atoms with Crippen molar-refractivity contribution in [3.05, 3.63) is 127 Å². The maximum Gasteiger partial charge on any atom is 0.405 e. The molecule has 0 aliphatic carbocycles. The summed E-state index contributed by atoms with van der Waals surface area (Å²) in [5, 5.41) is 30.3. The number of carbonyl (C=O) groups excluding carboxylic acids is 3. The van der Waals surface area contributed by atoms with Crippen LogP contribution in [-0.4, -0.2) is 102 Å². The standard InChI is InChI=1S/C47H58N8O6/c1-46(2,3)40(52-44(59)60)42(57)51-37(27-32-18-20-33(21-19-32)36-17-10-12-22-48-36)38(56)28-34(26-31-14-8-7-9-15-31)50-43(58)41(47(4,5)6)55-25-24-53(45(55)61)30-39-49-29-35-16-11-13-23-54(35)39/h7-23,29,34,37-38,40-41,52,56H,24-28,30H2,1-6H3,(H,50,58)(H,51,57)(H,59,60). The number of carbonyl (C=O) groups is 4. The van der Waals surface area contributed by atoms with E-state index < -0.39 is 53.1 Å². The predicted octanol–water partition coefficient (Wildman–Crippen LogP) is 5.94. The molecule has 14 nitrogen and oxygen atoms in total. The van der Waals surface area contributed by atoms with E-state index in [0.717, 1.165) is 33.7 Å². The van der Waals surface area contributed by atoms with Crippen molar-refractivity contribution in [3.63, 3.8) is 0 Å². The van der Waals surface area contributed by atoms with Crippen molar-refractivity contribution >= 4 is 29.5 Å². The van der Waals surface area contributed by atoms with Crippen LogP contribution in [-0.2, 0) is 29.0 Å². The number of aromatic nitrogens is 3. The van der Waals surface area contributed by atoms with Crippen molar-refractivity contribution in [2.45, 2.75) is 97.6 Å². The fourth-order valence-electron chi connectivity index (χ4n) is 8.05. The number of amides is 5. The largest absolute Gasteiger partial charge is 0.465 e. The summed E-state index contributed by atoms with van der Waals surface area (Å²) in [4.78, 5) is 66.8. The SMILES string of the molecule is CC(C)(C)C(NC(=O)O)C(=O)NC(Cc1ccc(-c2ccccn2)cc1)C(O)CC(Cc1ccccc1)NC(=O)C(N1CCN(Cc2ncc3ccccn23)C1=O)C(C)(C)C. The Morgan fingerprint density at radius 3 is 2.10 bits per heavy atom. The molecule has 5 aromatic rings. The van der Waals surface area contributed by atoms with E-state index in [4.69, 9.17) is 0 Å². The topological polar surface area (TPSA) is 182 Å². The molecule has 5 atom stereocenters. The average Bonchev–Trinajstić information content (AvgIpc) is 3.78. The Morgan fingerprint density at radius 2 is 1.44 bits per heavy atom. The lowest BCUT2D eigenvalue weighted by Gasteiger charge is -2.38. The third-order valence-corrected chi connectivity index (χ3v) is 11.1. The van der Waals surface area contributed by atoms with Crippen molar-refractivity contribution in [1.29, 1.82) is 0 Å². The number of hydrogen-bond donors (Lipinski definition) is 5. The van der Waals surface area contributed by atoms with Crippen molar-refractivity contribution in [2.75, 3.05) is 13.1 Å². The molecule has 322 valence electrons. The minimum absolute atomic E-state index is 0.0357. The van der Waals surface area contributed by atoms with E-state index in [1.165, 1.54) is 0 Å². The summed E-state index contributed by atoms with van der Waals surface area (Å²) in [5.74, 6) is -0.218. The molecule has 0 bridgehead atoms. The van der Waals surface area contributed by atoms with Gasteiger partial charge in [-0.15, -0.1) is 0 Å². The number of rotatable bonds is 16. The van der Waals surface area contributed by atoms with E-state index in [9.17, 15) is 29.4 Å². The Hall–Kier alpha value is -6.28. The number of hydrogen-bond acceptors (Lipinski definition) is 7. The molecule has 5 unspecified atom stereocenters. The molecular formula is C47H58N8O6. The molecule has 2 aromatic carbocycles. The fourth-order valence-corrected chi connectivity index (χ4v) is 8.05. The van der Waals surface area contributed by atoms with Crippen LogP contribution < -0.4 is 16.0 Å². The summed E-state index contributed by atoms with van der Waals surface area (Å²) in [6, 6.07) is 25.0. The quantitative estimate of drug-likeness (QED) is 0.0811. The molecule has 6 rings (SSSR count). The van der Waals surface area contributed by atoms with Crippen LogP contribution in [0.25, 0.3) is 16.8 Å². The van der Waals surface area contributed by atoms with Crippen LogP contribution in [0, 0.1) is 10.8 Å². The molecular weight excluding hydrogens is 773 g/mol. The number of aliphatic hydroxyl groups excluding tert-OH is 1. The summed E-state index contributed by atoms with van der Waals surface area (Å²) >= 11 is 0. The van der Waals surface area contributed by atoms with Gasteiger partial charge in [-0.3, -0.25) is 14.6 Å². The molecule has 1 aliphatic heterocycles. The van der Waals surface area contributed by atoms with Gasteiger partial charge in [0.2, 0.25) is 11.8 Å². The van der Waals surface area contributed by atoms with Gasteiger partial charge in [0.25, 0.3) is 0 Å². The zero-order chi connectivity index (χ0) is 43.9. The van der Waals surface area contributed by atoms with Gasteiger partial charge in [0.05, 0.1) is 36.1 Å². The van der Waals surface area contributed by atoms with Gasteiger partial charge in [-0.1, -0.05) is 108 Å². The Kier molecular flexibility index (Phi) is 13.8. The Labute approximate surface area is 357 Å². The van der Waals surface area contributed by atoms with Crippen LogP contribution >= 0.6 is 0 Å². The molecule has 0 radical (unpaired) electrons. The lowest BCUT2D eigenvalue weighted by Crippen LogP contribution is -2.59. The highest BCUT2D eigenvalue weighted by Crippen LogP contribution is 2.30. The van der Waals surface area contributed by atoms with E-state index >= 15 is 0 Å². The third-order valence-electron chi connectivity index (χ3n) is 11.1. The van der Waals surface area contributed by atoms with Crippen LogP contribution in [0.15, 0.2) is 110 Å². The molecule has 4 heterocycles. The molecule has 61 heavy (non-hydrogen) atoms. The number of benzene rings is 2. The number of urea groups is 1. The van der Waals surface area contributed by atoms with Crippen molar-refractivity contribution in [2.24, 2.45) is 10.8 Å². The number of fused-ring (bicyclic) bond motifs is 1. The van der Waals surface area contributed by atoms with Gasteiger partial charge in [-0.05, 0) is 65.5 Å². The summed E-state index contributed by atoms with van der Waals surface area (Å²) in [5.41, 5.74) is 2.91. The Bertz CT molecular complexity index is 2270. The van der Waals surface area contributed by atoms with Crippen LogP contribution in [0.1, 0.15) is 64.9 Å². The summed E-state index contributed by atoms with van der Waals surface area (Å²) in [6.45, 7) is 12.1. The van der Waals surface area contributed by atoms with Crippen LogP contribution in [0.2, 0.25) is 0 Å². The second-order valence-electron chi connectivity index (χ2n) is 18.0. The zero-order valence-corrected chi connectivity index (χ0v) is 35.8. The van der Waals surface area contributed by atoms with Crippen molar-refractivity contribution < 1.29 is 29.4 Å². The molecule has 0 saturated carbocycles. The molecule has 0 spiro atoms. The minimum Gasteiger partial charge on any atom is -0.465 e. The monoisotopic (exact) mass is 830 g/mol. The van der Waals surface area contributed by atoms with Crippen LogP contribution in [0.4, 0.5) is 9.59 Å². The highest BCUT2D eigenvalue weighted by atomic mass is 16.4. The van der Waals surface area contributed by atoms with Crippen LogP contribution in [0.3, 0.4) is 0 Å². The number of nitrogens with one attached hydrogen (secondary N) is 3. The van der Waals surface area contributed by atoms with Crippen molar-refractivity contribution in [1.82, 2.24) is 40.1 Å². The summed E-state index contributed by atoms with van der Waals surface area (Å²) in [6.07, 6.45) is 3.47. The van der Waals surface area contributed by atoms with E-state index in [0.29, 0.717) is 19.5 Å². The van der Waals surface area contributed by atoms with Crippen LogP contribution in [0.5, 0.6) is 0 Å². The predicted molar refractivity (Wildman–Crippen MR) is 233 cm³/mol. The zero-order valence-electron chi connectivity index (χ0n) is 35.8. The minimum atomic E-state index is -1.34. The summed E-state index contributed by atoms with van der Waals surface area (Å²) < 4.78 is 1.95. The third kappa shape index (κ3) is 11.3. The number of imidazole rings is 1. The first-order valence-electron chi connectivity index (χ1n) is 20.8. The van der Waals surface area contributed by atoms with Gasteiger partial charge >= 0.3 is 12.1 Å². The van der Waals surface area contributed by atoms with Gasteiger partial charge in [0.15, 0.2) is 0 Å². The molecule has 3 aromatic heterocycles. The molecule has 1 aliphatic rings. The first kappa shape index (κ1) is 44.3. The first-order chi connectivity index (χ1) is 29.0. The maximum absolute atomic E-state index is 14.6. The molecule has 5 amide bonds. The fraction of sp³-hybridized carbons (Fsp3) is 0.404.